The summed E-state index contributed by atoms with van der Waals surface area (Å²) in [6.07, 6.45) is 1.67. The number of hydrogen-bond donors (Lipinski definition) is 0. The van der Waals surface area contributed by atoms with Crippen LogP contribution in [-0.4, -0.2) is 30.4 Å². The van der Waals surface area contributed by atoms with Gasteiger partial charge in [-0.2, -0.15) is 0 Å². The van der Waals surface area contributed by atoms with Gasteiger partial charge in [0.25, 0.3) is 5.56 Å². The van der Waals surface area contributed by atoms with Crippen molar-refractivity contribution < 1.29 is 23.7 Å². The minimum Gasteiger partial charge on any atom is -0.493 e. The zero-order valence-corrected chi connectivity index (χ0v) is 29.7. The van der Waals surface area contributed by atoms with Crippen LogP contribution in [0.1, 0.15) is 50.4 Å². The number of nitrogens with zero attached hydrogens (tertiary/aromatic N) is 2. The number of thiazole rings is 1. The molecule has 10 heteroatoms. The molecule has 0 radical (unpaired) electrons. The molecule has 0 aliphatic carbocycles. The Morgan fingerprint density at radius 1 is 1.02 bits per heavy atom. The van der Waals surface area contributed by atoms with Crippen LogP contribution in [0.5, 0.6) is 17.2 Å². The van der Waals surface area contributed by atoms with E-state index in [2.05, 4.69) is 34.1 Å². The van der Waals surface area contributed by atoms with Crippen molar-refractivity contribution >= 4 is 50.1 Å². The minimum absolute atomic E-state index is 0.121. The Balaban J connectivity index is 1.42. The van der Waals surface area contributed by atoms with Gasteiger partial charge in [0, 0.05) is 10.0 Å². The molecular weight excluding hydrogens is 692 g/mol. The van der Waals surface area contributed by atoms with Gasteiger partial charge >= 0.3 is 5.97 Å². The SMILES string of the molecule is CCOC(=O)C1=C(C)N=c2s/c(=C/c3cc(OC)c(OCc4cccc5ccccc45)cc3Br)c(=O)n2[C@H]1c1ccccc1OC(C)C. The lowest BCUT2D eigenvalue weighted by Gasteiger charge is -2.26. The molecule has 0 amide bonds. The molecule has 246 valence electrons. The van der Waals surface area contributed by atoms with Gasteiger partial charge in [0.05, 0.1) is 35.6 Å². The van der Waals surface area contributed by atoms with Crippen molar-refractivity contribution in [1.82, 2.24) is 4.57 Å². The highest BCUT2D eigenvalue weighted by atomic mass is 79.9. The Morgan fingerprint density at radius 2 is 1.77 bits per heavy atom. The smallest absolute Gasteiger partial charge is 0.338 e. The van der Waals surface area contributed by atoms with Crippen molar-refractivity contribution in [2.45, 2.75) is 46.4 Å². The molecule has 5 aromatic rings. The molecule has 0 saturated carbocycles. The highest BCUT2D eigenvalue weighted by Gasteiger charge is 2.35. The number of ether oxygens (including phenoxy) is 4. The standard InChI is InChI=1S/C38H35BrN2O6S/c1-6-45-37(43)34-23(4)40-38-41(35(34)28-16-9-10-17-30(28)47-22(2)3)36(42)33(48-38)19-26-18-31(44-5)32(20-29(26)39)46-21-25-14-11-13-24-12-7-8-15-27(24)25/h7-20,22,35H,6,21H2,1-5H3/b33-19+/t35-/m0/s1. The molecule has 8 nitrogen and oxygen atoms in total. The molecule has 0 fully saturated rings. The molecule has 1 aliphatic heterocycles. The quantitative estimate of drug-likeness (QED) is 0.143. The summed E-state index contributed by atoms with van der Waals surface area (Å²) < 4.78 is 26.3. The second-order valence-corrected chi connectivity index (χ2v) is 13.3. The van der Waals surface area contributed by atoms with Crippen LogP contribution in [0.25, 0.3) is 16.8 Å². The summed E-state index contributed by atoms with van der Waals surface area (Å²) >= 11 is 4.94. The van der Waals surface area contributed by atoms with Crippen LogP contribution < -0.4 is 29.1 Å². The fourth-order valence-corrected chi connectivity index (χ4v) is 7.28. The number of carbonyl (C=O) groups excluding carboxylic acids is 1. The normalized spacial score (nSPS) is 14.6. The van der Waals surface area contributed by atoms with E-state index in [1.165, 1.54) is 11.3 Å². The average molecular weight is 728 g/mol. The van der Waals surface area contributed by atoms with Crippen molar-refractivity contribution in [1.29, 1.82) is 0 Å². The summed E-state index contributed by atoms with van der Waals surface area (Å²) in [5, 5.41) is 2.27. The monoisotopic (exact) mass is 726 g/mol. The molecule has 1 aromatic heterocycles. The number of allylic oxidation sites excluding steroid dienone is 1. The first-order valence-corrected chi connectivity index (χ1v) is 17.2. The number of esters is 1. The first-order chi connectivity index (χ1) is 23.2. The Kier molecular flexibility index (Phi) is 9.84. The van der Waals surface area contributed by atoms with E-state index in [4.69, 9.17) is 23.9 Å². The van der Waals surface area contributed by atoms with E-state index in [1.807, 2.05) is 74.5 Å². The van der Waals surface area contributed by atoms with Gasteiger partial charge in [-0.05, 0) is 73.9 Å². The van der Waals surface area contributed by atoms with Crippen LogP contribution in [-0.2, 0) is 16.1 Å². The number of para-hydroxylation sites is 1. The number of methoxy groups -OCH3 is 1. The summed E-state index contributed by atoms with van der Waals surface area (Å²) in [6.45, 7) is 7.92. The van der Waals surface area contributed by atoms with E-state index in [9.17, 15) is 9.59 Å². The highest BCUT2D eigenvalue weighted by molar-refractivity contribution is 9.10. The number of aromatic nitrogens is 1. The zero-order valence-electron chi connectivity index (χ0n) is 27.3. The van der Waals surface area contributed by atoms with E-state index in [0.717, 1.165) is 26.4 Å². The van der Waals surface area contributed by atoms with Crippen LogP contribution in [0.2, 0.25) is 0 Å². The molecule has 1 atom stereocenters. The Labute approximate surface area is 290 Å². The van der Waals surface area contributed by atoms with Gasteiger partial charge < -0.3 is 18.9 Å². The van der Waals surface area contributed by atoms with E-state index < -0.39 is 12.0 Å². The molecule has 0 spiro atoms. The first kappa shape index (κ1) is 33.2. The van der Waals surface area contributed by atoms with Crippen LogP contribution >= 0.6 is 27.3 Å². The molecule has 0 bridgehead atoms. The molecule has 0 unspecified atom stereocenters. The average Bonchev–Trinajstić information content (AvgIpc) is 3.37. The molecule has 2 heterocycles. The lowest BCUT2D eigenvalue weighted by molar-refractivity contribution is -0.139. The summed E-state index contributed by atoms with van der Waals surface area (Å²) in [4.78, 5) is 32.8. The van der Waals surface area contributed by atoms with Gasteiger partial charge in [0.2, 0.25) is 0 Å². The lowest BCUT2D eigenvalue weighted by atomic mass is 9.95. The molecular formula is C38H35BrN2O6S. The van der Waals surface area contributed by atoms with Crippen molar-refractivity contribution in [2.75, 3.05) is 13.7 Å². The van der Waals surface area contributed by atoms with Gasteiger partial charge in [-0.3, -0.25) is 9.36 Å². The lowest BCUT2D eigenvalue weighted by Crippen LogP contribution is -2.40. The zero-order chi connectivity index (χ0) is 33.9. The summed E-state index contributed by atoms with van der Waals surface area (Å²) in [5.74, 6) is 1.14. The van der Waals surface area contributed by atoms with Gasteiger partial charge in [0.1, 0.15) is 18.4 Å². The molecule has 1 aliphatic rings. The largest absolute Gasteiger partial charge is 0.493 e. The Bertz CT molecular complexity index is 2230. The number of carbonyl (C=O) groups is 1. The third-order valence-corrected chi connectivity index (χ3v) is 9.60. The van der Waals surface area contributed by atoms with Gasteiger partial charge in [-0.25, -0.2) is 9.79 Å². The maximum atomic E-state index is 14.3. The summed E-state index contributed by atoms with van der Waals surface area (Å²) in [7, 11) is 1.59. The third kappa shape index (κ3) is 6.55. The maximum Gasteiger partial charge on any atom is 0.338 e. The second kappa shape index (κ2) is 14.2. The van der Waals surface area contributed by atoms with E-state index in [0.29, 0.717) is 50.0 Å². The van der Waals surface area contributed by atoms with Crippen LogP contribution in [0.4, 0.5) is 0 Å². The number of rotatable bonds is 10. The number of benzene rings is 4. The highest BCUT2D eigenvalue weighted by Crippen LogP contribution is 2.37. The molecule has 6 rings (SSSR count). The number of halogens is 1. The number of hydrogen-bond acceptors (Lipinski definition) is 8. The molecule has 48 heavy (non-hydrogen) atoms. The molecule has 0 saturated heterocycles. The topological polar surface area (TPSA) is 88.4 Å². The van der Waals surface area contributed by atoms with Gasteiger partial charge in [-0.15, -0.1) is 0 Å². The van der Waals surface area contributed by atoms with Crippen molar-refractivity contribution in [3.05, 3.63) is 131 Å². The van der Waals surface area contributed by atoms with E-state index in [-0.39, 0.29) is 18.3 Å². The van der Waals surface area contributed by atoms with E-state index in [1.54, 1.807) is 31.6 Å². The van der Waals surface area contributed by atoms with Crippen molar-refractivity contribution in [3.8, 4) is 17.2 Å². The predicted octanol–water partition coefficient (Wildman–Crippen LogP) is 7.09. The third-order valence-electron chi connectivity index (χ3n) is 7.93. The first-order valence-electron chi connectivity index (χ1n) is 15.6. The summed E-state index contributed by atoms with van der Waals surface area (Å²) in [6, 6.07) is 24.7. The Hall–Kier alpha value is -4.67. The van der Waals surface area contributed by atoms with Crippen LogP contribution in [0.15, 0.2) is 104 Å². The number of fused-ring (bicyclic) bond motifs is 2. The second-order valence-electron chi connectivity index (χ2n) is 11.5. The molecule has 4 aromatic carbocycles. The van der Waals surface area contributed by atoms with Crippen molar-refractivity contribution in [2.24, 2.45) is 4.99 Å². The van der Waals surface area contributed by atoms with Crippen LogP contribution in [0.3, 0.4) is 0 Å². The van der Waals surface area contributed by atoms with E-state index >= 15 is 0 Å². The fraction of sp³-hybridized carbons (Fsp3) is 0.237. The van der Waals surface area contributed by atoms with Gasteiger partial charge in [-0.1, -0.05) is 87.9 Å². The molecule has 0 N–H and O–H groups in total. The minimum atomic E-state index is -0.791. The van der Waals surface area contributed by atoms with Gasteiger partial charge in [0.15, 0.2) is 16.3 Å². The van der Waals surface area contributed by atoms with Crippen molar-refractivity contribution in [3.63, 3.8) is 0 Å². The fourth-order valence-electron chi connectivity index (χ4n) is 5.80. The predicted molar refractivity (Wildman–Crippen MR) is 192 cm³/mol. The van der Waals surface area contributed by atoms with Crippen LogP contribution in [0, 0.1) is 0 Å². The summed E-state index contributed by atoms with van der Waals surface area (Å²) in [5.41, 5.74) is 2.94. The Morgan fingerprint density at radius 3 is 2.54 bits per heavy atom. The maximum absolute atomic E-state index is 14.3.